The topological polar surface area (TPSA) is 41.7 Å². The van der Waals surface area contributed by atoms with Crippen molar-refractivity contribution in [1.29, 1.82) is 0 Å². The number of pyridine rings is 1. The summed E-state index contributed by atoms with van der Waals surface area (Å²) in [5, 5.41) is 9.01. The van der Waals surface area contributed by atoms with Crippen LogP contribution in [0, 0.1) is 13.8 Å². The zero-order valence-corrected chi connectivity index (χ0v) is 8.11. The molecule has 2 aromatic heterocycles. The third-order valence-corrected chi connectivity index (χ3v) is 2.41. The van der Waals surface area contributed by atoms with Crippen LogP contribution >= 0.6 is 0 Å². The average Bonchev–Trinajstić information content (AvgIpc) is 2.46. The van der Waals surface area contributed by atoms with Crippen molar-refractivity contribution >= 4 is 11.5 Å². The van der Waals surface area contributed by atoms with Gasteiger partial charge in [0.1, 0.15) is 0 Å². The molecule has 0 radical (unpaired) electrons. The first kappa shape index (κ1) is 8.81. The van der Waals surface area contributed by atoms with Crippen molar-refractivity contribution < 1.29 is 9.90 Å². The van der Waals surface area contributed by atoms with E-state index >= 15 is 0 Å². The fraction of sp³-hybridized carbons (Fsp3) is 0.182. The maximum atomic E-state index is 11.0. The molecule has 0 atom stereocenters. The van der Waals surface area contributed by atoms with Crippen molar-refractivity contribution in [3.05, 3.63) is 41.2 Å². The Labute approximate surface area is 81.6 Å². The lowest BCUT2D eigenvalue weighted by Crippen LogP contribution is -1.96. The summed E-state index contributed by atoms with van der Waals surface area (Å²) in [7, 11) is 0. The summed E-state index contributed by atoms with van der Waals surface area (Å²) in [5.41, 5.74) is 3.09. The third-order valence-electron chi connectivity index (χ3n) is 2.41. The average molecular weight is 189 g/mol. The number of nitrogens with zero attached hydrogens (tertiary/aromatic N) is 1. The van der Waals surface area contributed by atoms with E-state index in [9.17, 15) is 4.79 Å². The molecule has 1 N–H and O–H groups in total. The number of hydrogen-bond acceptors (Lipinski definition) is 1. The first-order chi connectivity index (χ1) is 6.61. The van der Waals surface area contributed by atoms with Gasteiger partial charge in [-0.15, -0.1) is 0 Å². The van der Waals surface area contributed by atoms with E-state index in [1.807, 2.05) is 36.6 Å². The molecule has 2 aromatic rings. The van der Waals surface area contributed by atoms with Crippen molar-refractivity contribution in [3.8, 4) is 0 Å². The predicted octanol–water partition coefficient (Wildman–Crippen LogP) is 2.25. The number of carboxylic acid groups (broad SMARTS) is 1. The van der Waals surface area contributed by atoms with Crippen LogP contribution in [0.4, 0.5) is 0 Å². The van der Waals surface area contributed by atoms with Crippen LogP contribution in [0.3, 0.4) is 0 Å². The minimum absolute atomic E-state index is 0.376. The normalized spacial score (nSPS) is 10.7. The highest BCUT2D eigenvalue weighted by Gasteiger charge is 2.13. The molecule has 0 aromatic carbocycles. The highest BCUT2D eigenvalue weighted by molar-refractivity contribution is 5.97. The molecular formula is C11H11NO2. The molecular weight excluding hydrogens is 178 g/mol. The van der Waals surface area contributed by atoms with Gasteiger partial charge in [0.05, 0.1) is 11.1 Å². The van der Waals surface area contributed by atoms with Gasteiger partial charge >= 0.3 is 5.97 Å². The Bertz CT molecular complexity index is 511. The van der Waals surface area contributed by atoms with Gasteiger partial charge in [-0.3, -0.25) is 0 Å². The standard InChI is InChI=1S/C11H11NO2/c1-7-4-3-5-12-8(2)6-9(10(7)12)11(13)14/h3-6H,1-2H3,(H,13,14). The molecule has 0 aliphatic heterocycles. The fourth-order valence-corrected chi connectivity index (χ4v) is 1.76. The lowest BCUT2D eigenvalue weighted by Gasteiger charge is -2.01. The van der Waals surface area contributed by atoms with E-state index in [4.69, 9.17) is 5.11 Å². The van der Waals surface area contributed by atoms with E-state index in [1.54, 1.807) is 6.07 Å². The molecule has 0 bridgehead atoms. The van der Waals surface area contributed by atoms with Crippen molar-refractivity contribution in [3.63, 3.8) is 0 Å². The summed E-state index contributed by atoms with van der Waals surface area (Å²) in [6, 6.07) is 5.53. The first-order valence-corrected chi connectivity index (χ1v) is 4.42. The molecule has 0 amide bonds. The molecule has 2 rings (SSSR count). The van der Waals surface area contributed by atoms with E-state index in [1.165, 1.54) is 0 Å². The monoisotopic (exact) mass is 189 g/mol. The third kappa shape index (κ3) is 1.09. The van der Waals surface area contributed by atoms with Gasteiger partial charge in [0.2, 0.25) is 0 Å². The summed E-state index contributed by atoms with van der Waals surface area (Å²) >= 11 is 0. The van der Waals surface area contributed by atoms with Crippen LogP contribution in [0.25, 0.3) is 5.52 Å². The number of hydrogen-bond donors (Lipinski definition) is 1. The number of carbonyl (C=O) groups is 1. The van der Waals surface area contributed by atoms with Gasteiger partial charge in [-0.1, -0.05) is 6.07 Å². The van der Waals surface area contributed by atoms with E-state index in [0.29, 0.717) is 5.56 Å². The maximum absolute atomic E-state index is 11.0. The van der Waals surface area contributed by atoms with Crippen molar-refractivity contribution in [2.24, 2.45) is 0 Å². The lowest BCUT2D eigenvalue weighted by molar-refractivity contribution is 0.0699. The molecule has 0 aliphatic carbocycles. The quantitative estimate of drug-likeness (QED) is 0.747. The lowest BCUT2D eigenvalue weighted by atomic mass is 10.2. The van der Waals surface area contributed by atoms with Crippen LogP contribution in [0.2, 0.25) is 0 Å². The van der Waals surface area contributed by atoms with Gasteiger partial charge in [-0.05, 0) is 31.5 Å². The minimum Gasteiger partial charge on any atom is -0.478 e. The Kier molecular flexibility index (Phi) is 1.81. The Morgan fingerprint density at radius 3 is 2.79 bits per heavy atom. The summed E-state index contributed by atoms with van der Waals surface area (Å²) in [4.78, 5) is 11.0. The molecule has 72 valence electrons. The molecule has 3 heteroatoms. The predicted molar refractivity (Wildman–Crippen MR) is 53.8 cm³/mol. The van der Waals surface area contributed by atoms with Crippen LogP contribution in [0.1, 0.15) is 21.6 Å². The Morgan fingerprint density at radius 2 is 2.14 bits per heavy atom. The van der Waals surface area contributed by atoms with Crippen LogP contribution < -0.4 is 0 Å². The van der Waals surface area contributed by atoms with Crippen molar-refractivity contribution in [1.82, 2.24) is 4.40 Å². The largest absolute Gasteiger partial charge is 0.478 e. The second-order valence-electron chi connectivity index (χ2n) is 3.41. The molecule has 14 heavy (non-hydrogen) atoms. The smallest absolute Gasteiger partial charge is 0.337 e. The second kappa shape index (κ2) is 2.87. The van der Waals surface area contributed by atoms with Gasteiger partial charge in [-0.25, -0.2) is 4.79 Å². The molecule has 0 unspecified atom stereocenters. The molecule has 0 fully saturated rings. The molecule has 2 heterocycles. The second-order valence-corrected chi connectivity index (χ2v) is 3.41. The molecule has 0 spiro atoms. The van der Waals surface area contributed by atoms with Crippen LogP contribution in [0.5, 0.6) is 0 Å². The zero-order chi connectivity index (χ0) is 10.3. The van der Waals surface area contributed by atoms with E-state index in [-0.39, 0.29) is 0 Å². The number of aromatic carboxylic acids is 1. The molecule has 0 aliphatic rings. The summed E-state index contributed by atoms with van der Waals surface area (Å²) in [6.45, 7) is 3.82. The van der Waals surface area contributed by atoms with Crippen LogP contribution in [-0.4, -0.2) is 15.5 Å². The minimum atomic E-state index is -0.870. The summed E-state index contributed by atoms with van der Waals surface area (Å²) < 4.78 is 1.90. The zero-order valence-electron chi connectivity index (χ0n) is 8.11. The van der Waals surface area contributed by atoms with Crippen molar-refractivity contribution in [2.75, 3.05) is 0 Å². The van der Waals surface area contributed by atoms with E-state index in [0.717, 1.165) is 16.8 Å². The van der Waals surface area contributed by atoms with Gasteiger partial charge in [0, 0.05) is 11.9 Å². The van der Waals surface area contributed by atoms with Gasteiger partial charge in [0.15, 0.2) is 0 Å². The fourth-order valence-electron chi connectivity index (χ4n) is 1.76. The number of carboxylic acids is 1. The van der Waals surface area contributed by atoms with Crippen LogP contribution in [-0.2, 0) is 0 Å². The van der Waals surface area contributed by atoms with Crippen molar-refractivity contribution in [2.45, 2.75) is 13.8 Å². The van der Waals surface area contributed by atoms with Crippen LogP contribution in [0.15, 0.2) is 24.4 Å². The molecule has 3 nitrogen and oxygen atoms in total. The molecule has 0 saturated heterocycles. The van der Waals surface area contributed by atoms with E-state index < -0.39 is 5.97 Å². The van der Waals surface area contributed by atoms with Gasteiger partial charge in [-0.2, -0.15) is 0 Å². The number of aryl methyl sites for hydroxylation is 2. The summed E-state index contributed by atoms with van der Waals surface area (Å²) in [5.74, 6) is -0.870. The Balaban J connectivity index is 2.93. The van der Waals surface area contributed by atoms with E-state index in [2.05, 4.69) is 0 Å². The highest BCUT2D eigenvalue weighted by Crippen LogP contribution is 2.19. The number of aromatic nitrogens is 1. The van der Waals surface area contributed by atoms with Gasteiger partial charge < -0.3 is 9.51 Å². The first-order valence-electron chi connectivity index (χ1n) is 4.42. The Morgan fingerprint density at radius 1 is 1.43 bits per heavy atom. The van der Waals surface area contributed by atoms with Gasteiger partial charge in [0.25, 0.3) is 0 Å². The molecule has 0 saturated carbocycles. The summed E-state index contributed by atoms with van der Waals surface area (Å²) in [6.07, 6.45) is 1.88. The highest BCUT2D eigenvalue weighted by atomic mass is 16.4. The Hall–Kier alpha value is -1.77. The number of rotatable bonds is 1. The SMILES string of the molecule is Cc1cccn2c(C)cc(C(=O)O)c12. The number of fused-ring (bicyclic) bond motifs is 1. The maximum Gasteiger partial charge on any atom is 0.337 e.